The van der Waals surface area contributed by atoms with Gasteiger partial charge in [-0.15, -0.1) is 0 Å². The van der Waals surface area contributed by atoms with Crippen molar-refractivity contribution in [1.29, 1.82) is 0 Å². The van der Waals surface area contributed by atoms with Gasteiger partial charge in [0.15, 0.2) is 0 Å². The number of hydrogen-bond acceptors (Lipinski definition) is 5. The highest BCUT2D eigenvalue weighted by atomic mass is 19.1. The van der Waals surface area contributed by atoms with Gasteiger partial charge in [-0.1, -0.05) is 6.07 Å². The fraction of sp³-hybridized carbons (Fsp3) is 0.429. The van der Waals surface area contributed by atoms with Crippen molar-refractivity contribution in [1.82, 2.24) is 14.8 Å². The molecule has 2 heterocycles. The number of pyridine rings is 1. The lowest BCUT2D eigenvalue weighted by Crippen LogP contribution is -2.55. The van der Waals surface area contributed by atoms with E-state index >= 15 is 0 Å². The van der Waals surface area contributed by atoms with Crippen LogP contribution in [-0.2, 0) is 11.3 Å². The second-order valence-electron chi connectivity index (χ2n) is 7.12. The third-order valence-electron chi connectivity index (χ3n) is 4.98. The molecule has 1 fully saturated rings. The molecule has 1 aromatic heterocycles. The van der Waals surface area contributed by atoms with Crippen molar-refractivity contribution in [2.75, 3.05) is 26.2 Å². The number of halogens is 1. The van der Waals surface area contributed by atoms with Gasteiger partial charge in [0.25, 0.3) is 5.56 Å². The molecule has 8 heteroatoms. The fourth-order valence-electron chi connectivity index (χ4n) is 3.32. The van der Waals surface area contributed by atoms with Crippen molar-refractivity contribution in [2.45, 2.75) is 31.5 Å². The summed E-state index contributed by atoms with van der Waals surface area (Å²) >= 11 is 0. The van der Waals surface area contributed by atoms with E-state index in [1.165, 1.54) is 22.8 Å². The number of amides is 1. The van der Waals surface area contributed by atoms with E-state index in [1.807, 2.05) is 0 Å². The van der Waals surface area contributed by atoms with Crippen LogP contribution in [0.4, 0.5) is 4.39 Å². The largest absolute Gasteiger partial charge is 0.492 e. The van der Waals surface area contributed by atoms with Gasteiger partial charge >= 0.3 is 0 Å². The Hall–Kier alpha value is -2.71. The van der Waals surface area contributed by atoms with Gasteiger partial charge in [0.2, 0.25) is 5.91 Å². The lowest BCUT2D eigenvalue weighted by Gasteiger charge is -2.36. The number of piperidine rings is 1. The number of aliphatic hydroxyl groups excluding tert-OH is 1. The molecule has 1 aliphatic heterocycles. The van der Waals surface area contributed by atoms with Crippen molar-refractivity contribution >= 4 is 5.91 Å². The monoisotopic (exact) mass is 403 g/mol. The Balaban J connectivity index is 1.42. The summed E-state index contributed by atoms with van der Waals surface area (Å²) in [6.07, 6.45) is 1.77. The number of aromatic nitrogens is 1. The van der Waals surface area contributed by atoms with Crippen LogP contribution >= 0.6 is 0 Å². The second-order valence-corrected chi connectivity index (χ2v) is 7.12. The van der Waals surface area contributed by atoms with Crippen LogP contribution in [0.3, 0.4) is 0 Å². The molecule has 156 valence electrons. The molecule has 0 unspecified atom stereocenters. The topological polar surface area (TPSA) is 83.8 Å². The molecule has 0 aliphatic carbocycles. The van der Waals surface area contributed by atoms with E-state index in [9.17, 15) is 19.1 Å². The molecular weight excluding hydrogens is 377 g/mol. The minimum Gasteiger partial charge on any atom is -0.492 e. The van der Waals surface area contributed by atoms with Gasteiger partial charge in [0, 0.05) is 44.9 Å². The van der Waals surface area contributed by atoms with E-state index in [0.717, 1.165) is 0 Å². The van der Waals surface area contributed by atoms with Crippen LogP contribution in [0.15, 0.2) is 53.5 Å². The molecule has 1 amide bonds. The average molecular weight is 403 g/mol. The Morgan fingerprint density at radius 1 is 1.21 bits per heavy atom. The number of carbonyl (C=O) groups is 1. The van der Waals surface area contributed by atoms with Crippen molar-refractivity contribution in [3.8, 4) is 5.75 Å². The second kappa shape index (κ2) is 10.2. The zero-order chi connectivity index (χ0) is 20.6. The molecule has 0 bridgehead atoms. The first-order chi connectivity index (χ1) is 14.0. The summed E-state index contributed by atoms with van der Waals surface area (Å²) in [6.45, 7) is 2.59. The number of benzene rings is 1. The van der Waals surface area contributed by atoms with Crippen molar-refractivity contribution < 1.29 is 19.0 Å². The number of likely N-dealkylation sites (tertiary alicyclic amines) is 1. The number of carbonyl (C=O) groups excluding carboxylic acids is 1. The molecule has 3 rings (SSSR count). The van der Waals surface area contributed by atoms with Crippen LogP contribution in [0, 0.1) is 5.82 Å². The summed E-state index contributed by atoms with van der Waals surface area (Å²) in [5, 5.41) is 13.1. The SMILES string of the molecule is O=C(CCn1ccccc1=O)N[C@@H]1CN(CCOc2ccc(F)cc2)CC[C@@H]1O. The van der Waals surface area contributed by atoms with Gasteiger partial charge in [0.05, 0.1) is 12.1 Å². The van der Waals surface area contributed by atoms with Crippen LogP contribution in [-0.4, -0.2) is 58.9 Å². The van der Waals surface area contributed by atoms with E-state index < -0.39 is 6.10 Å². The summed E-state index contributed by atoms with van der Waals surface area (Å²) in [4.78, 5) is 26.1. The third kappa shape index (κ3) is 6.40. The highest BCUT2D eigenvalue weighted by Crippen LogP contribution is 2.13. The van der Waals surface area contributed by atoms with Gasteiger partial charge in [-0.3, -0.25) is 14.5 Å². The van der Waals surface area contributed by atoms with Crippen molar-refractivity contribution in [2.24, 2.45) is 0 Å². The Bertz CT molecular complexity index is 856. The van der Waals surface area contributed by atoms with Crippen molar-refractivity contribution in [3.05, 3.63) is 64.8 Å². The minimum absolute atomic E-state index is 0.148. The molecule has 2 aromatic rings. The van der Waals surface area contributed by atoms with Gasteiger partial charge in [-0.2, -0.15) is 0 Å². The van der Waals surface area contributed by atoms with Crippen molar-refractivity contribution in [3.63, 3.8) is 0 Å². The van der Waals surface area contributed by atoms with E-state index in [2.05, 4.69) is 10.2 Å². The highest BCUT2D eigenvalue weighted by Gasteiger charge is 2.28. The standard InChI is InChI=1S/C21H26FN3O4/c22-16-4-6-17(7-5-16)29-14-13-24-11-8-19(26)18(15-24)23-20(27)9-12-25-10-2-1-3-21(25)28/h1-7,10,18-19,26H,8-9,11-15H2,(H,23,27)/t18-,19+/m1/s1. The summed E-state index contributed by atoms with van der Waals surface area (Å²) in [7, 11) is 0. The van der Waals surface area contributed by atoms with E-state index in [0.29, 0.717) is 45.0 Å². The van der Waals surface area contributed by atoms with E-state index in [1.54, 1.807) is 30.5 Å². The molecule has 0 saturated carbocycles. The number of nitrogens with one attached hydrogen (secondary N) is 1. The Kier molecular flexibility index (Phi) is 7.37. The summed E-state index contributed by atoms with van der Waals surface area (Å²) in [5.41, 5.74) is -0.148. The summed E-state index contributed by atoms with van der Waals surface area (Å²) in [6, 6.07) is 10.3. The van der Waals surface area contributed by atoms with Gasteiger partial charge in [-0.25, -0.2) is 4.39 Å². The molecule has 2 atom stereocenters. The van der Waals surface area contributed by atoms with E-state index in [4.69, 9.17) is 4.74 Å². The molecular formula is C21H26FN3O4. The quantitative estimate of drug-likeness (QED) is 0.687. The van der Waals surface area contributed by atoms with E-state index in [-0.39, 0.29) is 29.7 Å². The van der Waals surface area contributed by atoms with Gasteiger partial charge in [0.1, 0.15) is 18.2 Å². The number of aliphatic hydroxyl groups is 1. The molecule has 0 spiro atoms. The summed E-state index contributed by atoms with van der Waals surface area (Å²) < 4.78 is 20.0. The van der Waals surface area contributed by atoms with Crippen LogP contribution in [0.2, 0.25) is 0 Å². The van der Waals surface area contributed by atoms with Crippen LogP contribution < -0.4 is 15.6 Å². The normalized spacial score (nSPS) is 19.7. The van der Waals surface area contributed by atoms with Gasteiger partial charge in [-0.05, 0) is 36.8 Å². The Morgan fingerprint density at radius 3 is 2.76 bits per heavy atom. The molecule has 1 saturated heterocycles. The molecule has 1 aliphatic rings. The maximum Gasteiger partial charge on any atom is 0.250 e. The predicted octanol–water partition coefficient (Wildman–Crippen LogP) is 1.01. The molecule has 1 aromatic carbocycles. The lowest BCUT2D eigenvalue weighted by molar-refractivity contribution is -0.123. The number of rotatable bonds is 8. The van der Waals surface area contributed by atoms with Crippen LogP contribution in [0.1, 0.15) is 12.8 Å². The number of nitrogens with zero attached hydrogens (tertiary/aromatic N) is 2. The molecule has 2 N–H and O–H groups in total. The first kappa shape index (κ1) is 21.0. The Labute approximate surface area is 168 Å². The zero-order valence-electron chi connectivity index (χ0n) is 16.2. The first-order valence-electron chi connectivity index (χ1n) is 9.75. The molecule has 7 nitrogen and oxygen atoms in total. The minimum atomic E-state index is -0.604. The fourth-order valence-corrected chi connectivity index (χ4v) is 3.32. The lowest BCUT2D eigenvalue weighted by atomic mass is 10.0. The van der Waals surface area contributed by atoms with Crippen LogP contribution in [0.5, 0.6) is 5.75 Å². The first-order valence-corrected chi connectivity index (χ1v) is 9.75. The maximum absolute atomic E-state index is 12.9. The molecule has 0 radical (unpaired) electrons. The van der Waals surface area contributed by atoms with Crippen LogP contribution in [0.25, 0.3) is 0 Å². The average Bonchev–Trinajstić information content (AvgIpc) is 2.71. The maximum atomic E-state index is 12.9. The summed E-state index contributed by atoms with van der Waals surface area (Å²) in [5.74, 6) is 0.0942. The van der Waals surface area contributed by atoms with Gasteiger partial charge < -0.3 is 19.7 Å². The number of hydrogen-bond donors (Lipinski definition) is 2. The number of ether oxygens (including phenoxy) is 1. The zero-order valence-corrected chi connectivity index (χ0v) is 16.2. The smallest absolute Gasteiger partial charge is 0.250 e. The molecule has 29 heavy (non-hydrogen) atoms. The Morgan fingerprint density at radius 2 is 2.00 bits per heavy atom. The number of aryl methyl sites for hydroxylation is 1. The predicted molar refractivity (Wildman–Crippen MR) is 106 cm³/mol. The third-order valence-corrected chi connectivity index (χ3v) is 4.98. The highest BCUT2D eigenvalue weighted by molar-refractivity contribution is 5.76.